The van der Waals surface area contributed by atoms with Gasteiger partial charge in [-0.05, 0) is 42.5 Å². The van der Waals surface area contributed by atoms with Crippen LogP contribution in [0.3, 0.4) is 0 Å². The molecule has 1 atom stereocenters. The van der Waals surface area contributed by atoms with Crippen LogP contribution in [0.25, 0.3) is 0 Å². The van der Waals surface area contributed by atoms with Crippen molar-refractivity contribution in [2.75, 3.05) is 13.2 Å². The normalized spacial score (nSPS) is 15.6. The van der Waals surface area contributed by atoms with Crippen LogP contribution in [0.5, 0.6) is 5.75 Å². The summed E-state index contributed by atoms with van der Waals surface area (Å²) < 4.78 is 5.53. The third-order valence-electron chi connectivity index (χ3n) is 3.82. The summed E-state index contributed by atoms with van der Waals surface area (Å²) in [6.07, 6.45) is 3.38. The van der Waals surface area contributed by atoms with Crippen molar-refractivity contribution >= 4 is 0 Å². The van der Waals surface area contributed by atoms with Gasteiger partial charge < -0.3 is 10.1 Å². The van der Waals surface area contributed by atoms with Gasteiger partial charge in [0.25, 0.3) is 0 Å². The van der Waals surface area contributed by atoms with E-state index in [4.69, 9.17) is 4.74 Å². The second kappa shape index (κ2) is 6.24. The highest BCUT2D eigenvalue weighted by Crippen LogP contribution is 2.25. The molecule has 0 saturated heterocycles. The Balaban J connectivity index is 1.83. The van der Waals surface area contributed by atoms with Crippen molar-refractivity contribution in [3.05, 3.63) is 29.3 Å². The van der Waals surface area contributed by atoms with Gasteiger partial charge in [-0.15, -0.1) is 0 Å². The molecule has 0 aromatic heterocycles. The van der Waals surface area contributed by atoms with Gasteiger partial charge in [-0.3, -0.25) is 0 Å². The van der Waals surface area contributed by atoms with Gasteiger partial charge in [-0.1, -0.05) is 32.9 Å². The zero-order valence-corrected chi connectivity index (χ0v) is 11.8. The SMILES string of the molecule is CCC(NCCc1ccc2c(c1)CCO2)C(C)C. The van der Waals surface area contributed by atoms with E-state index in [1.165, 1.54) is 17.5 Å². The third kappa shape index (κ3) is 3.26. The Labute approximate surface area is 111 Å². The minimum Gasteiger partial charge on any atom is -0.493 e. The molecule has 0 amide bonds. The first kappa shape index (κ1) is 13.4. The summed E-state index contributed by atoms with van der Waals surface area (Å²) in [5, 5.41) is 3.65. The van der Waals surface area contributed by atoms with Crippen LogP contribution in [-0.4, -0.2) is 19.2 Å². The Hall–Kier alpha value is -1.02. The summed E-state index contributed by atoms with van der Waals surface area (Å²) in [6, 6.07) is 7.27. The first-order valence-corrected chi connectivity index (χ1v) is 7.18. The predicted molar refractivity (Wildman–Crippen MR) is 76.3 cm³/mol. The lowest BCUT2D eigenvalue weighted by atomic mass is 10.0. The lowest BCUT2D eigenvalue weighted by Gasteiger charge is -2.20. The molecule has 1 unspecified atom stereocenters. The molecule has 0 spiro atoms. The number of rotatable bonds is 6. The van der Waals surface area contributed by atoms with Crippen molar-refractivity contribution in [1.29, 1.82) is 0 Å². The van der Waals surface area contributed by atoms with E-state index < -0.39 is 0 Å². The molecule has 0 fully saturated rings. The molecule has 2 rings (SSSR count). The number of benzene rings is 1. The van der Waals surface area contributed by atoms with Gasteiger partial charge in [0.05, 0.1) is 6.61 Å². The number of ether oxygens (including phenoxy) is 1. The van der Waals surface area contributed by atoms with E-state index >= 15 is 0 Å². The monoisotopic (exact) mass is 247 g/mol. The van der Waals surface area contributed by atoms with E-state index in [1.807, 2.05) is 0 Å². The molecule has 1 aromatic carbocycles. The first-order valence-electron chi connectivity index (χ1n) is 7.18. The zero-order valence-electron chi connectivity index (χ0n) is 11.8. The second-order valence-electron chi connectivity index (χ2n) is 5.50. The molecule has 2 heteroatoms. The summed E-state index contributed by atoms with van der Waals surface area (Å²) in [7, 11) is 0. The molecule has 0 radical (unpaired) electrons. The summed E-state index contributed by atoms with van der Waals surface area (Å²) in [5.41, 5.74) is 2.80. The number of nitrogens with one attached hydrogen (secondary N) is 1. The Kier molecular flexibility index (Phi) is 4.65. The van der Waals surface area contributed by atoms with Crippen LogP contribution < -0.4 is 10.1 Å². The Bertz CT molecular complexity index is 387. The molecule has 1 aromatic rings. The van der Waals surface area contributed by atoms with Gasteiger partial charge in [0, 0.05) is 12.5 Å². The number of fused-ring (bicyclic) bond motifs is 1. The zero-order chi connectivity index (χ0) is 13.0. The van der Waals surface area contributed by atoms with Crippen molar-refractivity contribution in [3.63, 3.8) is 0 Å². The molecule has 1 N–H and O–H groups in total. The van der Waals surface area contributed by atoms with Crippen LogP contribution in [0.15, 0.2) is 18.2 Å². The minimum atomic E-state index is 0.641. The van der Waals surface area contributed by atoms with Gasteiger partial charge in [-0.2, -0.15) is 0 Å². The lowest BCUT2D eigenvalue weighted by molar-refractivity contribution is 0.357. The number of hydrogen-bond donors (Lipinski definition) is 1. The predicted octanol–water partition coefficient (Wildman–Crippen LogP) is 3.19. The maximum Gasteiger partial charge on any atom is 0.122 e. The molecule has 0 aliphatic carbocycles. The minimum absolute atomic E-state index is 0.641. The maximum absolute atomic E-state index is 5.53. The van der Waals surface area contributed by atoms with Crippen molar-refractivity contribution < 1.29 is 4.74 Å². The lowest BCUT2D eigenvalue weighted by Crippen LogP contribution is -2.34. The summed E-state index contributed by atoms with van der Waals surface area (Å²) in [6.45, 7) is 8.74. The second-order valence-corrected chi connectivity index (χ2v) is 5.50. The maximum atomic E-state index is 5.53. The average Bonchev–Trinajstić information content (AvgIpc) is 2.81. The van der Waals surface area contributed by atoms with Gasteiger partial charge in [0.1, 0.15) is 5.75 Å². The Morgan fingerprint density at radius 3 is 2.89 bits per heavy atom. The molecular weight excluding hydrogens is 222 g/mol. The fraction of sp³-hybridized carbons (Fsp3) is 0.625. The Morgan fingerprint density at radius 1 is 1.33 bits per heavy atom. The van der Waals surface area contributed by atoms with Crippen LogP contribution in [0.2, 0.25) is 0 Å². The Morgan fingerprint density at radius 2 is 2.17 bits per heavy atom. The van der Waals surface area contributed by atoms with Crippen molar-refractivity contribution in [1.82, 2.24) is 5.32 Å². The van der Waals surface area contributed by atoms with Crippen molar-refractivity contribution in [2.45, 2.75) is 46.1 Å². The van der Waals surface area contributed by atoms with Gasteiger partial charge in [0.2, 0.25) is 0 Å². The largest absolute Gasteiger partial charge is 0.493 e. The van der Waals surface area contributed by atoms with E-state index in [2.05, 4.69) is 44.3 Å². The molecule has 1 aliphatic heterocycles. The fourth-order valence-electron chi connectivity index (χ4n) is 2.65. The van der Waals surface area contributed by atoms with E-state index in [0.717, 1.165) is 31.7 Å². The summed E-state index contributed by atoms with van der Waals surface area (Å²) in [5.74, 6) is 1.80. The third-order valence-corrected chi connectivity index (χ3v) is 3.82. The smallest absolute Gasteiger partial charge is 0.122 e. The summed E-state index contributed by atoms with van der Waals surface area (Å²) in [4.78, 5) is 0. The van der Waals surface area contributed by atoms with Gasteiger partial charge in [0.15, 0.2) is 0 Å². The topological polar surface area (TPSA) is 21.3 Å². The number of hydrogen-bond acceptors (Lipinski definition) is 2. The van der Waals surface area contributed by atoms with Crippen LogP contribution in [0.1, 0.15) is 38.3 Å². The van der Waals surface area contributed by atoms with E-state index in [1.54, 1.807) is 0 Å². The highest BCUT2D eigenvalue weighted by Gasteiger charge is 2.12. The van der Waals surface area contributed by atoms with Crippen LogP contribution in [-0.2, 0) is 12.8 Å². The standard InChI is InChI=1S/C16H25NO/c1-4-15(12(2)3)17-9-7-13-5-6-16-14(11-13)8-10-18-16/h5-6,11-12,15,17H,4,7-10H2,1-3H3. The van der Waals surface area contributed by atoms with Crippen LogP contribution in [0.4, 0.5) is 0 Å². The van der Waals surface area contributed by atoms with Gasteiger partial charge >= 0.3 is 0 Å². The molecular formula is C16H25NO. The molecule has 1 heterocycles. The molecule has 1 aliphatic rings. The molecule has 18 heavy (non-hydrogen) atoms. The van der Waals surface area contributed by atoms with Crippen LogP contribution in [0, 0.1) is 5.92 Å². The average molecular weight is 247 g/mol. The van der Waals surface area contributed by atoms with Crippen LogP contribution >= 0.6 is 0 Å². The molecule has 0 bridgehead atoms. The van der Waals surface area contributed by atoms with E-state index in [9.17, 15) is 0 Å². The van der Waals surface area contributed by atoms with Crippen molar-refractivity contribution in [2.24, 2.45) is 5.92 Å². The molecule has 0 saturated carbocycles. The van der Waals surface area contributed by atoms with Crippen molar-refractivity contribution in [3.8, 4) is 5.75 Å². The van der Waals surface area contributed by atoms with Gasteiger partial charge in [-0.25, -0.2) is 0 Å². The summed E-state index contributed by atoms with van der Waals surface area (Å²) >= 11 is 0. The molecule has 2 nitrogen and oxygen atoms in total. The van der Waals surface area contributed by atoms with E-state index in [0.29, 0.717) is 12.0 Å². The van der Waals surface area contributed by atoms with E-state index in [-0.39, 0.29) is 0 Å². The highest BCUT2D eigenvalue weighted by atomic mass is 16.5. The quantitative estimate of drug-likeness (QED) is 0.833. The first-order chi connectivity index (χ1) is 8.70. The highest BCUT2D eigenvalue weighted by molar-refractivity contribution is 5.39. The molecule has 100 valence electrons. The fourth-order valence-corrected chi connectivity index (χ4v) is 2.65.